The Morgan fingerprint density at radius 2 is 2.26 bits per heavy atom. The number of halogens is 2. The van der Waals surface area contributed by atoms with Crippen LogP contribution in [0.25, 0.3) is 0 Å². The van der Waals surface area contributed by atoms with Gasteiger partial charge in [-0.15, -0.1) is 5.10 Å². The third kappa shape index (κ3) is 2.72. The Hall–Kier alpha value is -1.99. The molecule has 6 nitrogen and oxygen atoms in total. The summed E-state index contributed by atoms with van der Waals surface area (Å²) >= 11 is 5.58. The smallest absolute Gasteiger partial charge is 0.358 e. The average molecular weight is 285 g/mol. The van der Waals surface area contributed by atoms with Crippen LogP contribution in [0.1, 0.15) is 21.7 Å². The van der Waals surface area contributed by atoms with Gasteiger partial charge in [0.1, 0.15) is 5.82 Å². The number of carbonyl (C=O) groups is 1. The van der Waals surface area contributed by atoms with Crippen molar-refractivity contribution in [1.82, 2.24) is 15.0 Å². The quantitative estimate of drug-likeness (QED) is 0.882. The predicted octanol–water partition coefficient (Wildman–Crippen LogP) is 1.28. The second kappa shape index (κ2) is 5.33. The Bertz CT molecular complexity index is 629. The topological polar surface area (TPSA) is 94.0 Å². The van der Waals surface area contributed by atoms with Gasteiger partial charge >= 0.3 is 5.97 Å². The second-order valence-electron chi connectivity index (χ2n) is 3.80. The van der Waals surface area contributed by atoms with E-state index in [9.17, 15) is 9.18 Å². The van der Waals surface area contributed by atoms with Gasteiger partial charge in [0.2, 0.25) is 0 Å². The fraction of sp³-hybridized carbons (Fsp3) is 0.182. The van der Waals surface area contributed by atoms with Crippen LogP contribution >= 0.6 is 11.6 Å². The standard InChI is InChI=1S/C11H10ClFN4O2/c12-7-2-1-6(3-8(7)13)5-17-9(4-14)10(11(18)19)15-16-17/h1-3H,4-5,14H2,(H,18,19). The second-order valence-corrected chi connectivity index (χ2v) is 4.21. The number of rotatable bonds is 4. The van der Waals surface area contributed by atoms with Crippen LogP contribution in [0.2, 0.25) is 5.02 Å². The van der Waals surface area contributed by atoms with Crippen LogP contribution in [-0.2, 0) is 13.1 Å². The summed E-state index contributed by atoms with van der Waals surface area (Å²) in [6.45, 7) is 0.144. The van der Waals surface area contributed by atoms with E-state index in [0.29, 0.717) is 5.56 Å². The molecule has 1 aromatic heterocycles. The Balaban J connectivity index is 2.33. The summed E-state index contributed by atoms with van der Waals surface area (Å²) in [5, 5.41) is 16.2. The minimum atomic E-state index is -1.20. The van der Waals surface area contributed by atoms with Crippen LogP contribution in [0.15, 0.2) is 18.2 Å². The highest BCUT2D eigenvalue weighted by Crippen LogP contribution is 2.17. The van der Waals surface area contributed by atoms with Crippen molar-refractivity contribution in [3.63, 3.8) is 0 Å². The lowest BCUT2D eigenvalue weighted by atomic mass is 10.2. The number of hydrogen-bond donors (Lipinski definition) is 2. The van der Waals surface area contributed by atoms with Crippen LogP contribution in [0.3, 0.4) is 0 Å². The van der Waals surface area contributed by atoms with E-state index in [0.717, 1.165) is 0 Å². The summed E-state index contributed by atoms with van der Waals surface area (Å²) in [5.74, 6) is -1.75. The summed E-state index contributed by atoms with van der Waals surface area (Å²) in [6.07, 6.45) is 0. The van der Waals surface area contributed by atoms with Gasteiger partial charge in [0.15, 0.2) is 5.69 Å². The molecule has 3 N–H and O–H groups in total. The molecule has 1 heterocycles. The van der Waals surface area contributed by atoms with Gasteiger partial charge in [0.25, 0.3) is 0 Å². The molecule has 0 atom stereocenters. The zero-order valence-electron chi connectivity index (χ0n) is 9.68. The van der Waals surface area contributed by atoms with Crippen molar-refractivity contribution in [1.29, 1.82) is 0 Å². The SMILES string of the molecule is NCc1c(C(=O)O)nnn1Cc1ccc(Cl)c(F)c1. The van der Waals surface area contributed by atoms with Gasteiger partial charge < -0.3 is 10.8 Å². The first kappa shape index (κ1) is 13.4. The molecule has 0 unspecified atom stereocenters. The van der Waals surface area contributed by atoms with E-state index in [1.165, 1.54) is 16.8 Å². The van der Waals surface area contributed by atoms with Crippen molar-refractivity contribution in [3.05, 3.63) is 46.0 Å². The van der Waals surface area contributed by atoms with Crippen LogP contribution in [0.4, 0.5) is 4.39 Å². The van der Waals surface area contributed by atoms with Gasteiger partial charge in [-0.2, -0.15) is 0 Å². The number of aromatic carboxylic acids is 1. The molecule has 0 spiro atoms. The fourth-order valence-electron chi connectivity index (χ4n) is 1.64. The largest absolute Gasteiger partial charge is 0.476 e. The van der Waals surface area contributed by atoms with Crippen molar-refractivity contribution in [2.24, 2.45) is 5.73 Å². The monoisotopic (exact) mass is 284 g/mol. The fourth-order valence-corrected chi connectivity index (χ4v) is 1.76. The molecule has 1 aromatic carbocycles. The zero-order valence-corrected chi connectivity index (χ0v) is 10.4. The molecule has 2 rings (SSSR count). The van der Waals surface area contributed by atoms with Gasteiger partial charge in [-0.25, -0.2) is 13.9 Å². The molecule has 100 valence electrons. The molecule has 0 aliphatic rings. The van der Waals surface area contributed by atoms with Crippen LogP contribution < -0.4 is 5.73 Å². The molecule has 8 heteroatoms. The highest BCUT2D eigenvalue weighted by molar-refractivity contribution is 6.30. The van der Waals surface area contributed by atoms with Crippen molar-refractivity contribution >= 4 is 17.6 Å². The lowest BCUT2D eigenvalue weighted by molar-refractivity contribution is 0.0689. The molecule has 0 saturated carbocycles. The van der Waals surface area contributed by atoms with Gasteiger partial charge in [-0.1, -0.05) is 22.9 Å². The van der Waals surface area contributed by atoms with E-state index in [1.807, 2.05) is 0 Å². The molecule has 0 bridgehead atoms. The summed E-state index contributed by atoms with van der Waals surface area (Å²) in [7, 11) is 0. The molecular formula is C11H10ClFN4O2. The first-order valence-electron chi connectivity index (χ1n) is 5.32. The molecule has 0 fully saturated rings. The van der Waals surface area contributed by atoms with E-state index in [1.54, 1.807) is 6.07 Å². The van der Waals surface area contributed by atoms with E-state index in [4.69, 9.17) is 22.4 Å². The van der Waals surface area contributed by atoms with Gasteiger partial charge in [-0.3, -0.25) is 0 Å². The third-order valence-corrected chi connectivity index (χ3v) is 2.86. The predicted molar refractivity (Wildman–Crippen MR) is 65.4 cm³/mol. The Labute approximate surface area is 112 Å². The average Bonchev–Trinajstić information content (AvgIpc) is 2.76. The maximum atomic E-state index is 13.3. The van der Waals surface area contributed by atoms with Gasteiger partial charge in [0, 0.05) is 6.54 Å². The number of aromatic nitrogens is 3. The summed E-state index contributed by atoms with van der Waals surface area (Å²) in [5.41, 5.74) is 6.15. The number of hydrogen-bond acceptors (Lipinski definition) is 4. The summed E-state index contributed by atoms with van der Waals surface area (Å²) in [4.78, 5) is 10.9. The van der Waals surface area contributed by atoms with Gasteiger partial charge in [0.05, 0.1) is 17.3 Å². The van der Waals surface area contributed by atoms with Crippen LogP contribution in [-0.4, -0.2) is 26.1 Å². The lowest BCUT2D eigenvalue weighted by Gasteiger charge is -2.06. The number of nitrogens with zero attached hydrogens (tertiary/aromatic N) is 3. The molecule has 0 radical (unpaired) electrons. The molecule has 0 amide bonds. The first-order valence-corrected chi connectivity index (χ1v) is 5.70. The summed E-state index contributed by atoms with van der Waals surface area (Å²) < 4.78 is 14.6. The van der Waals surface area contributed by atoms with E-state index >= 15 is 0 Å². The summed E-state index contributed by atoms with van der Waals surface area (Å²) in [6, 6.07) is 4.29. The Kier molecular flexibility index (Phi) is 3.77. The molecule has 0 aliphatic carbocycles. The minimum absolute atomic E-state index is 0.0209. The number of nitrogens with two attached hydrogens (primary N) is 1. The molecule has 0 saturated heterocycles. The van der Waals surface area contributed by atoms with Crippen LogP contribution in [0, 0.1) is 5.82 Å². The number of benzene rings is 1. The molecule has 19 heavy (non-hydrogen) atoms. The lowest BCUT2D eigenvalue weighted by Crippen LogP contribution is -2.13. The Morgan fingerprint density at radius 3 is 2.84 bits per heavy atom. The van der Waals surface area contributed by atoms with Gasteiger partial charge in [-0.05, 0) is 17.7 Å². The molecule has 0 aliphatic heterocycles. The molecule has 2 aromatic rings. The highest BCUT2D eigenvalue weighted by Gasteiger charge is 2.17. The first-order chi connectivity index (χ1) is 9.02. The number of carboxylic acids is 1. The number of carboxylic acid groups (broad SMARTS) is 1. The zero-order chi connectivity index (χ0) is 14.0. The Morgan fingerprint density at radius 1 is 1.53 bits per heavy atom. The third-order valence-electron chi connectivity index (χ3n) is 2.55. The van der Waals surface area contributed by atoms with E-state index in [-0.39, 0.29) is 29.5 Å². The normalized spacial score (nSPS) is 10.7. The van der Waals surface area contributed by atoms with Crippen molar-refractivity contribution in [2.45, 2.75) is 13.1 Å². The van der Waals surface area contributed by atoms with E-state index in [2.05, 4.69) is 10.3 Å². The highest BCUT2D eigenvalue weighted by atomic mass is 35.5. The van der Waals surface area contributed by atoms with Crippen molar-refractivity contribution in [2.75, 3.05) is 0 Å². The van der Waals surface area contributed by atoms with E-state index < -0.39 is 11.8 Å². The maximum Gasteiger partial charge on any atom is 0.358 e. The minimum Gasteiger partial charge on any atom is -0.476 e. The van der Waals surface area contributed by atoms with Crippen molar-refractivity contribution < 1.29 is 14.3 Å². The maximum absolute atomic E-state index is 13.3. The van der Waals surface area contributed by atoms with Crippen LogP contribution in [0.5, 0.6) is 0 Å². The molecular weight excluding hydrogens is 275 g/mol. The van der Waals surface area contributed by atoms with Crippen molar-refractivity contribution in [3.8, 4) is 0 Å².